The van der Waals surface area contributed by atoms with Gasteiger partial charge in [0.1, 0.15) is 0 Å². The number of amides is 1. The summed E-state index contributed by atoms with van der Waals surface area (Å²) in [5, 5.41) is 11.5. The fourth-order valence-electron chi connectivity index (χ4n) is 3.04. The maximum atomic E-state index is 12.8. The van der Waals surface area contributed by atoms with Crippen molar-refractivity contribution < 1.29 is 18.1 Å². The molecular formula is C20H20ClN3O5S. The summed E-state index contributed by atoms with van der Waals surface area (Å²) >= 11 is 6.09. The lowest BCUT2D eigenvalue weighted by Crippen LogP contribution is -2.50. The Morgan fingerprint density at radius 1 is 1.13 bits per heavy atom. The molecule has 1 aliphatic rings. The molecule has 0 saturated carbocycles. The van der Waals surface area contributed by atoms with Crippen molar-refractivity contribution in [2.24, 2.45) is 0 Å². The minimum atomic E-state index is -3.87. The molecule has 158 valence electrons. The normalized spacial score (nSPS) is 15.5. The van der Waals surface area contributed by atoms with Gasteiger partial charge in [0.25, 0.3) is 5.69 Å². The van der Waals surface area contributed by atoms with Crippen LogP contribution in [0.2, 0.25) is 5.02 Å². The van der Waals surface area contributed by atoms with Gasteiger partial charge in [-0.1, -0.05) is 29.8 Å². The number of halogens is 1. The summed E-state index contributed by atoms with van der Waals surface area (Å²) in [5.74, 6) is -0.223. The number of carbonyl (C=O) groups is 1. The molecule has 0 atom stereocenters. The Bertz CT molecular complexity index is 1110. The molecule has 30 heavy (non-hydrogen) atoms. The Morgan fingerprint density at radius 3 is 2.47 bits per heavy atom. The number of aryl methyl sites for hydroxylation is 1. The molecule has 1 fully saturated rings. The number of nitro groups is 1. The number of hydrogen-bond donors (Lipinski definition) is 0. The molecule has 0 aromatic heterocycles. The first-order valence-electron chi connectivity index (χ1n) is 9.16. The van der Waals surface area contributed by atoms with E-state index in [2.05, 4.69) is 0 Å². The van der Waals surface area contributed by atoms with Gasteiger partial charge < -0.3 is 4.90 Å². The van der Waals surface area contributed by atoms with Crippen molar-refractivity contribution in [3.8, 4) is 0 Å². The number of carbonyl (C=O) groups excluding carboxylic acids is 1. The van der Waals surface area contributed by atoms with Crippen LogP contribution in [0.15, 0.2) is 53.4 Å². The third kappa shape index (κ3) is 4.86. The summed E-state index contributed by atoms with van der Waals surface area (Å²) in [6, 6.07) is 10.4. The van der Waals surface area contributed by atoms with Gasteiger partial charge in [-0.3, -0.25) is 14.9 Å². The minimum Gasteiger partial charge on any atom is -0.337 e. The number of rotatable bonds is 5. The summed E-state index contributed by atoms with van der Waals surface area (Å²) in [6.07, 6.45) is 3.10. The molecule has 3 rings (SSSR count). The molecule has 0 N–H and O–H groups in total. The van der Waals surface area contributed by atoms with E-state index in [-0.39, 0.29) is 42.7 Å². The highest BCUT2D eigenvalue weighted by atomic mass is 35.5. The van der Waals surface area contributed by atoms with E-state index in [1.807, 2.05) is 19.1 Å². The predicted molar refractivity (Wildman–Crippen MR) is 114 cm³/mol. The summed E-state index contributed by atoms with van der Waals surface area (Å²) in [7, 11) is -3.87. The van der Waals surface area contributed by atoms with Gasteiger partial charge in [0, 0.05) is 49.4 Å². The number of benzene rings is 2. The quantitative estimate of drug-likeness (QED) is 0.396. The van der Waals surface area contributed by atoms with Gasteiger partial charge in [0.05, 0.1) is 9.82 Å². The van der Waals surface area contributed by atoms with Crippen LogP contribution < -0.4 is 0 Å². The van der Waals surface area contributed by atoms with Crippen molar-refractivity contribution in [1.29, 1.82) is 0 Å². The fraction of sp³-hybridized carbons (Fsp3) is 0.250. The number of non-ortho nitro benzene ring substituents is 1. The van der Waals surface area contributed by atoms with Crippen molar-refractivity contribution in [2.45, 2.75) is 11.8 Å². The van der Waals surface area contributed by atoms with E-state index in [9.17, 15) is 23.3 Å². The summed E-state index contributed by atoms with van der Waals surface area (Å²) < 4.78 is 26.8. The fourth-order valence-corrected chi connectivity index (χ4v) is 4.69. The minimum absolute atomic E-state index is 0.112. The largest absolute Gasteiger partial charge is 0.337 e. The Morgan fingerprint density at radius 2 is 1.83 bits per heavy atom. The monoisotopic (exact) mass is 449 g/mol. The summed E-state index contributed by atoms with van der Waals surface area (Å²) in [6.45, 7) is 2.57. The predicted octanol–water partition coefficient (Wildman–Crippen LogP) is 3.10. The van der Waals surface area contributed by atoms with Gasteiger partial charge in [0.15, 0.2) is 0 Å². The Balaban J connectivity index is 1.64. The van der Waals surface area contributed by atoms with Crippen LogP contribution in [0.3, 0.4) is 0 Å². The lowest BCUT2D eigenvalue weighted by atomic mass is 10.1. The molecule has 2 aromatic carbocycles. The maximum absolute atomic E-state index is 12.8. The van der Waals surface area contributed by atoms with E-state index in [1.165, 1.54) is 28.6 Å². The second-order valence-corrected chi connectivity index (χ2v) is 9.17. The standard InChI is InChI=1S/C20H20ClN3O5S/c1-15-5-6-16(13-19(15)21)7-8-20(25)22-9-11-23(12-10-22)30(28,29)18-4-2-3-17(14-18)24(26)27/h2-8,13-14H,9-12H2,1H3/b8-7+. The van der Waals surface area contributed by atoms with Crippen molar-refractivity contribution in [2.75, 3.05) is 26.2 Å². The zero-order chi connectivity index (χ0) is 21.9. The van der Waals surface area contributed by atoms with Gasteiger partial charge in [-0.25, -0.2) is 8.42 Å². The highest BCUT2D eigenvalue weighted by Crippen LogP contribution is 2.22. The van der Waals surface area contributed by atoms with Crippen LogP contribution in [0, 0.1) is 17.0 Å². The van der Waals surface area contributed by atoms with Gasteiger partial charge in [0.2, 0.25) is 15.9 Å². The number of piperazine rings is 1. The Hall–Kier alpha value is -2.75. The topological polar surface area (TPSA) is 101 Å². The van der Waals surface area contributed by atoms with Crippen molar-refractivity contribution in [1.82, 2.24) is 9.21 Å². The molecule has 8 nitrogen and oxygen atoms in total. The number of sulfonamides is 1. The zero-order valence-electron chi connectivity index (χ0n) is 16.2. The van der Waals surface area contributed by atoms with Crippen molar-refractivity contribution >= 4 is 39.3 Å². The van der Waals surface area contributed by atoms with Gasteiger partial charge in [-0.15, -0.1) is 0 Å². The van der Waals surface area contributed by atoms with Crippen LogP contribution in [-0.2, 0) is 14.8 Å². The summed E-state index contributed by atoms with van der Waals surface area (Å²) in [4.78, 5) is 24.1. The van der Waals surface area contributed by atoms with Crippen LogP contribution in [-0.4, -0.2) is 54.6 Å². The van der Waals surface area contributed by atoms with E-state index in [0.717, 1.165) is 17.2 Å². The molecule has 1 aliphatic heterocycles. The average Bonchev–Trinajstić information content (AvgIpc) is 2.74. The molecule has 0 bridgehead atoms. The lowest BCUT2D eigenvalue weighted by molar-refractivity contribution is -0.385. The number of hydrogen-bond acceptors (Lipinski definition) is 5. The molecule has 0 radical (unpaired) electrons. The molecule has 10 heteroatoms. The molecule has 0 aliphatic carbocycles. The first-order chi connectivity index (χ1) is 14.2. The number of nitrogens with zero attached hydrogens (tertiary/aromatic N) is 3. The van der Waals surface area contributed by atoms with E-state index < -0.39 is 14.9 Å². The van der Waals surface area contributed by atoms with E-state index in [1.54, 1.807) is 17.0 Å². The lowest BCUT2D eigenvalue weighted by Gasteiger charge is -2.33. The van der Waals surface area contributed by atoms with Crippen LogP contribution in [0.25, 0.3) is 6.08 Å². The first kappa shape index (κ1) is 21.9. The van der Waals surface area contributed by atoms with E-state index in [0.29, 0.717) is 5.02 Å². The van der Waals surface area contributed by atoms with Gasteiger partial charge in [-0.2, -0.15) is 4.31 Å². The Labute approximate surface area is 179 Å². The first-order valence-corrected chi connectivity index (χ1v) is 11.0. The molecule has 0 spiro atoms. The smallest absolute Gasteiger partial charge is 0.270 e. The third-order valence-electron chi connectivity index (χ3n) is 4.83. The van der Waals surface area contributed by atoms with Crippen molar-refractivity contribution in [3.05, 3.63) is 74.8 Å². The number of nitro benzene ring substituents is 1. The average molecular weight is 450 g/mol. The summed E-state index contributed by atoms with van der Waals surface area (Å²) in [5.41, 5.74) is 1.46. The maximum Gasteiger partial charge on any atom is 0.270 e. The van der Waals surface area contributed by atoms with Crippen molar-refractivity contribution in [3.63, 3.8) is 0 Å². The van der Waals surface area contributed by atoms with Gasteiger partial charge >= 0.3 is 0 Å². The zero-order valence-corrected chi connectivity index (χ0v) is 17.8. The van der Waals surface area contributed by atoms with Crippen LogP contribution in [0.4, 0.5) is 5.69 Å². The van der Waals surface area contributed by atoms with Crippen LogP contribution >= 0.6 is 11.6 Å². The van der Waals surface area contributed by atoms with Gasteiger partial charge in [-0.05, 0) is 36.3 Å². The second-order valence-electron chi connectivity index (χ2n) is 6.83. The van der Waals surface area contributed by atoms with E-state index >= 15 is 0 Å². The third-order valence-corrected chi connectivity index (χ3v) is 7.13. The second kappa shape index (κ2) is 8.95. The molecule has 1 heterocycles. The molecule has 0 unspecified atom stereocenters. The molecule has 1 amide bonds. The van der Waals surface area contributed by atoms with Crippen LogP contribution in [0.5, 0.6) is 0 Å². The van der Waals surface area contributed by atoms with Crippen LogP contribution in [0.1, 0.15) is 11.1 Å². The van der Waals surface area contributed by atoms with E-state index in [4.69, 9.17) is 11.6 Å². The SMILES string of the molecule is Cc1ccc(/C=C/C(=O)N2CCN(S(=O)(=O)c3cccc([N+](=O)[O-])c3)CC2)cc1Cl. The Kier molecular flexibility index (Phi) is 6.55. The highest BCUT2D eigenvalue weighted by Gasteiger charge is 2.30. The molecule has 2 aromatic rings. The molecule has 1 saturated heterocycles. The highest BCUT2D eigenvalue weighted by molar-refractivity contribution is 7.89. The molecular weight excluding hydrogens is 430 g/mol.